The summed E-state index contributed by atoms with van der Waals surface area (Å²) in [5.41, 5.74) is 9.70. The number of hydrogen-bond acceptors (Lipinski definition) is 12. The normalized spacial score (nSPS) is 16.5. The molecule has 0 aliphatic carbocycles. The van der Waals surface area contributed by atoms with Gasteiger partial charge in [0, 0.05) is 73.3 Å². The van der Waals surface area contributed by atoms with Gasteiger partial charge in [-0.2, -0.15) is 0 Å². The number of amides is 2. The molecule has 16 nitrogen and oxygen atoms in total. The Bertz CT molecular complexity index is 2460. The van der Waals surface area contributed by atoms with Crippen molar-refractivity contribution < 1.29 is 47.6 Å². The van der Waals surface area contributed by atoms with E-state index in [1.807, 2.05) is 39.8 Å². The molecule has 6 rings (SSSR count). The van der Waals surface area contributed by atoms with E-state index < -0.39 is 29.6 Å². The van der Waals surface area contributed by atoms with Crippen molar-refractivity contribution >= 4 is 57.2 Å². The van der Waals surface area contributed by atoms with Gasteiger partial charge in [0.1, 0.15) is 11.2 Å². The zero-order chi connectivity index (χ0) is 46.5. The molecule has 8 bridgehead atoms. The van der Waals surface area contributed by atoms with Crippen LogP contribution < -0.4 is 5.32 Å². The van der Waals surface area contributed by atoms with Crippen molar-refractivity contribution in [2.45, 2.75) is 105 Å². The van der Waals surface area contributed by atoms with Crippen molar-refractivity contribution in [3.05, 3.63) is 68.8 Å². The lowest BCUT2D eigenvalue weighted by atomic mass is 9.85. The Morgan fingerprint density at radius 1 is 0.891 bits per heavy atom. The summed E-state index contributed by atoms with van der Waals surface area (Å²) in [5, 5.41) is 2.70. The number of rotatable bonds is 18. The Balaban J connectivity index is 1.42. The molecule has 1 unspecified atom stereocenters. The van der Waals surface area contributed by atoms with Crippen LogP contribution in [0.25, 0.3) is 33.2 Å². The number of methoxy groups -OCH3 is 1. The number of nitrogens with one attached hydrogen (secondary N) is 3. The molecule has 0 saturated carbocycles. The molecule has 3 aromatic rings. The minimum Gasteiger partial charge on any atom is -0.444 e. The standard InChI is InChI=1S/C48H64N6O10/c1-12-31-26(2)33-25-38-40(30(6)62-22-21-61-20-19-60-18-17-59-11)28(4)35(51-38)23-34-27(3)32(13-14-39(55)54(10)16-15-49-47(58)64-48(7,8)9)43(52-34)42-44-41(45(56)63-46(42)57)29(5)36(53-44)24-37(31)50-33/h23-25,27,30,32,51,53H,12-22H2,1-11H3,(H,49,58)/t27-,30?,32-/m0/s1. The van der Waals surface area contributed by atoms with Crippen LogP contribution in [0.5, 0.6) is 0 Å². The van der Waals surface area contributed by atoms with Crippen molar-refractivity contribution in [3.63, 3.8) is 0 Å². The molecule has 0 spiro atoms. The van der Waals surface area contributed by atoms with Gasteiger partial charge in [0.05, 0.1) is 73.9 Å². The highest BCUT2D eigenvalue weighted by molar-refractivity contribution is 6.18. The average Bonchev–Trinajstić information content (AvgIpc) is 3.91. The zero-order valence-corrected chi connectivity index (χ0v) is 39.2. The van der Waals surface area contributed by atoms with E-state index in [4.69, 9.17) is 38.4 Å². The molecule has 3 aromatic heterocycles. The number of esters is 2. The third kappa shape index (κ3) is 10.7. The third-order valence-electron chi connectivity index (χ3n) is 12.0. The van der Waals surface area contributed by atoms with Crippen molar-refractivity contribution in [1.29, 1.82) is 0 Å². The number of carbonyl (C=O) groups excluding carboxylic acids is 4. The molecule has 0 radical (unpaired) electrons. The monoisotopic (exact) mass is 884 g/mol. The van der Waals surface area contributed by atoms with Gasteiger partial charge in [0.2, 0.25) is 5.91 Å². The van der Waals surface area contributed by atoms with Gasteiger partial charge in [-0.1, -0.05) is 13.8 Å². The number of H-pyrrole nitrogens is 2. The number of fused-ring (bicyclic) bond motifs is 8. The highest BCUT2D eigenvalue weighted by Crippen LogP contribution is 2.44. The van der Waals surface area contributed by atoms with Crippen LogP contribution >= 0.6 is 0 Å². The zero-order valence-electron chi connectivity index (χ0n) is 39.2. The highest BCUT2D eigenvalue weighted by atomic mass is 16.6. The number of aryl methyl sites for hydroxylation is 2. The summed E-state index contributed by atoms with van der Waals surface area (Å²) < 4.78 is 33.5. The fourth-order valence-corrected chi connectivity index (χ4v) is 8.54. The van der Waals surface area contributed by atoms with Gasteiger partial charge in [0.15, 0.2) is 0 Å². The van der Waals surface area contributed by atoms with E-state index in [2.05, 4.69) is 35.2 Å². The van der Waals surface area contributed by atoms with E-state index in [1.165, 1.54) is 0 Å². The summed E-state index contributed by atoms with van der Waals surface area (Å²) in [4.78, 5) is 72.2. The lowest BCUT2D eigenvalue weighted by Crippen LogP contribution is -2.38. The van der Waals surface area contributed by atoms with Crippen LogP contribution in [0.4, 0.5) is 4.79 Å². The lowest BCUT2D eigenvalue weighted by Gasteiger charge is -2.22. The second kappa shape index (κ2) is 20.6. The Hall–Kier alpha value is -5.42. The molecule has 346 valence electrons. The van der Waals surface area contributed by atoms with Gasteiger partial charge < -0.3 is 48.6 Å². The first-order valence-electron chi connectivity index (χ1n) is 22.2. The highest BCUT2D eigenvalue weighted by Gasteiger charge is 2.39. The Labute approximate surface area is 374 Å². The number of aromatic nitrogens is 4. The van der Waals surface area contributed by atoms with Crippen molar-refractivity contribution in [1.82, 2.24) is 30.2 Å². The topological polar surface area (TPSA) is 196 Å². The molecular weight excluding hydrogens is 821 g/mol. The smallest absolute Gasteiger partial charge is 0.407 e. The Morgan fingerprint density at radius 2 is 1.55 bits per heavy atom. The van der Waals surface area contributed by atoms with Crippen LogP contribution in [0, 0.1) is 13.8 Å². The average molecular weight is 885 g/mol. The summed E-state index contributed by atoms with van der Waals surface area (Å²) >= 11 is 0. The summed E-state index contributed by atoms with van der Waals surface area (Å²) in [6, 6.07) is 5.98. The van der Waals surface area contributed by atoms with Crippen LogP contribution in [-0.4, -0.2) is 121 Å². The SMILES string of the molecule is CCC1=C(C)c2cc3[nH]c(cc4nc(c5c6[nH]c(cc1n2)c(C)c6C(=O)OC5=O)[C@@H](CCC(=O)N(C)CCNC(=O)OC(C)(C)C)[C@@H]4C)c(C)c3C(C)OCCOCCOCCOC. The summed E-state index contributed by atoms with van der Waals surface area (Å²) in [6.45, 7) is 20.6. The number of cyclic esters (lactones) is 2. The predicted molar refractivity (Wildman–Crippen MR) is 243 cm³/mol. The molecule has 0 saturated heterocycles. The first-order chi connectivity index (χ1) is 30.4. The molecule has 16 heteroatoms. The van der Waals surface area contributed by atoms with Gasteiger partial charge >= 0.3 is 18.0 Å². The largest absolute Gasteiger partial charge is 0.444 e. The number of alkyl carbamates (subject to hydrolysis) is 1. The van der Waals surface area contributed by atoms with Crippen LogP contribution in [0.2, 0.25) is 0 Å². The quantitative estimate of drug-likeness (QED) is 0.0634. The third-order valence-corrected chi connectivity index (χ3v) is 12.0. The summed E-state index contributed by atoms with van der Waals surface area (Å²) in [5.74, 6) is -2.34. The molecule has 0 fully saturated rings. The minimum absolute atomic E-state index is 0.134. The molecule has 3 atom stereocenters. The maximum absolute atomic E-state index is 14.0. The van der Waals surface area contributed by atoms with Gasteiger partial charge in [-0.05, 0) is 102 Å². The number of likely N-dealkylation sites (N-methyl/N-ethyl adjacent to an activating group) is 1. The Kier molecular flexibility index (Phi) is 15.5. The van der Waals surface area contributed by atoms with Crippen LogP contribution in [0.15, 0.2) is 18.2 Å². The number of hydrogen-bond donors (Lipinski definition) is 3. The fourth-order valence-electron chi connectivity index (χ4n) is 8.54. The number of ether oxygens (including phenoxy) is 6. The maximum Gasteiger partial charge on any atom is 0.407 e. The molecule has 3 N–H and O–H groups in total. The van der Waals surface area contributed by atoms with Crippen molar-refractivity contribution in [3.8, 4) is 0 Å². The van der Waals surface area contributed by atoms with Crippen LogP contribution in [0.3, 0.4) is 0 Å². The summed E-state index contributed by atoms with van der Waals surface area (Å²) in [6.07, 6.45) is 0.306. The van der Waals surface area contributed by atoms with E-state index >= 15 is 0 Å². The second-order valence-electron chi connectivity index (χ2n) is 17.6. The molecule has 3 aliphatic heterocycles. The van der Waals surface area contributed by atoms with Gasteiger partial charge in [0.25, 0.3) is 0 Å². The van der Waals surface area contributed by atoms with Crippen LogP contribution in [0.1, 0.15) is 146 Å². The first-order valence-corrected chi connectivity index (χ1v) is 22.2. The maximum atomic E-state index is 14.0. The van der Waals surface area contributed by atoms with Crippen molar-refractivity contribution in [2.24, 2.45) is 0 Å². The molecule has 64 heavy (non-hydrogen) atoms. The van der Waals surface area contributed by atoms with E-state index in [-0.39, 0.29) is 48.6 Å². The number of allylic oxidation sites excluding steroid dienone is 2. The number of aromatic amines is 2. The van der Waals surface area contributed by atoms with Gasteiger partial charge in [-0.3, -0.25) is 9.78 Å². The lowest BCUT2D eigenvalue weighted by molar-refractivity contribution is -0.130. The molecule has 6 heterocycles. The minimum atomic E-state index is -0.803. The number of nitrogens with zero attached hydrogens (tertiary/aromatic N) is 3. The predicted octanol–water partition coefficient (Wildman–Crippen LogP) is 7.99. The van der Waals surface area contributed by atoms with Crippen molar-refractivity contribution in [2.75, 3.05) is 66.9 Å². The summed E-state index contributed by atoms with van der Waals surface area (Å²) in [7, 11) is 3.32. The van der Waals surface area contributed by atoms with E-state index in [1.54, 1.807) is 39.8 Å². The van der Waals surface area contributed by atoms with Crippen LogP contribution in [-0.2, 0) is 33.2 Å². The molecule has 3 aliphatic rings. The van der Waals surface area contributed by atoms with E-state index in [0.717, 1.165) is 44.7 Å². The van der Waals surface area contributed by atoms with E-state index in [0.29, 0.717) is 80.5 Å². The molecule has 2 amide bonds. The van der Waals surface area contributed by atoms with Gasteiger partial charge in [-0.25, -0.2) is 19.4 Å². The second-order valence-corrected chi connectivity index (χ2v) is 17.6. The Morgan fingerprint density at radius 3 is 2.23 bits per heavy atom. The number of carbonyl (C=O) groups is 4. The first kappa shape index (κ1) is 48.0. The molecule has 0 aromatic carbocycles. The van der Waals surface area contributed by atoms with Gasteiger partial charge in [-0.15, -0.1) is 0 Å². The fraction of sp³-hybridized carbons (Fsp3) is 0.542. The molecular formula is C48H64N6O10. The van der Waals surface area contributed by atoms with E-state index in [9.17, 15) is 19.2 Å².